The van der Waals surface area contributed by atoms with Crippen molar-refractivity contribution in [2.45, 2.75) is 31.1 Å². The van der Waals surface area contributed by atoms with Gasteiger partial charge in [0.05, 0.1) is 0 Å². The Hall–Kier alpha value is -1.63. The van der Waals surface area contributed by atoms with Crippen LogP contribution in [0.25, 0.3) is 0 Å². The van der Waals surface area contributed by atoms with Crippen LogP contribution in [0.1, 0.15) is 36.8 Å². The number of hydrogen-bond donors (Lipinski definition) is 0. The first kappa shape index (κ1) is 11.5. The predicted octanol–water partition coefficient (Wildman–Crippen LogP) is 4.66. The Morgan fingerprint density at radius 3 is 2.33 bits per heavy atom. The molecule has 2 aromatic carbocycles. The lowest BCUT2D eigenvalue weighted by Crippen LogP contribution is -2.08. The highest BCUT2D eigenvalue weighted by molar-refractivity contribution is 5.42. The minimum Gasteiger partial charge on any atom is -0.207 e. The fourth-order valence-corrected chi connectivity index (χ4v) is 3.12. The molecule has 0 aliphatic heterocycles. The van der Waals surface area contributed by atoms with E-state index in [1.54, 1.807) is 12.1 Å². The monoisotopic (exact) mass is 240 g/mol. The van der Waals surface area contributed by atoms with Gasteiger partial charge in [-0.15, -0.1) is 0 Å². The first-order valence-electron chi connectivity index (χ1n) is 6.57. The van der Waals surface area contributed by atoms with Crippen LogP contribution in [-0.4, -0.2) is 0 Å². The van der Waals surface area contributed by atoms with Crippen LogP contribution in [0.2, 0.25) is 0 Å². The Bertz CT molecular complexity index is 529. The highest BCUT2D eigenvalue weighted by atomic mass is 19.1. The van der Waals surface area contributed by atoms with Crippen LogP contribution < -0.4 is 0 Å². The van der Waals surface area contributed by atoms with Crippen LogP contribution in [0.15, 0.2) is 54.6 Å². The molecule has 0 saturated heterocycles. The van der Waals surface area contributed by atoms with Crippen LogP contribution in [0.5, 0.6) is 0 Å². The molecule has 2 unspecified atom stereocenters. The van der Waals surface area contributed by atoms with E-state index >= 15 is 0 Å². The van der Waals surface area contributed by atoms with Crippen molar-refractivity contribution in [1.29, 1.82) is 0 Å². The number of halogens is 1. The quantitative estimate of drug-likeness (QED) is 0.732. The maximum absolute atomic E-state index is 13.0. The predicted molar refractivity (Wildman–Crippen MR) is 72.2 cm³/mol. The second-order valence-corrected chi connectivity index (χ2v) is 5.18. The second kappa shape index (κ2) is 4.24. The normalized spacial score (nSPS) is 26.0. The van der Waals surface area contributed by atoms with Gasteiger partial charge in [0.1, 0.15) is 5.82 Å². The van der Waals surface area contributed by atoms with Gasteiger partial charge in [0.25, 0.3) is 0 Å². The molecule has 2 atom stereocenters. The average Bonchev–Trinajstić information content (AvgIpc) is 3.17. The molecule has 18 heavy (non-hydrogen) atoms. The van der Waals surface area contributed by atoms with E-state index in [4.69, 9.17) is 0 Å². The van der Waals surface area contributed by atoms with Crippen molar-refractivity contribution in [3.8, 4) is 0 Å². The Balaban J connectivity index is 1.93. The fraction of sp³-hybridized carbons (Fsp3) is 0.294. The molecule has 0 spiro atoms. The summed E-state index contributed by atoms with van der Waals surface area (Å²) in [7, 11) is 0. The maximum atomic E-state index is 13.0. The van der Waals surface area contributed by atoms with Crippen molar-refractivity contribution in [1.82, 2.24) is 0 Å². The van der Waals surface area contributed by atoms with Gasteiger partial charge in [-0.2, -0.15) is 0 Å². The molecule has 1 aliphatic carbocycles. The first-order valence-corrected chi connectivity index (χ1v) is 6.57. The molecule has 2 aromatic rings. The first-order chi connectivity index (χ1) is 8.76. The van der Waals surface area contributed by atoms with Crippen molar-refractivity contribution >= 4 is 0 Å². The third-order valence-corrected chi connectivity index (χ3v) is 4.33. The summed E-state index contributed by atoms with van der Waals surface area (Å²) in [5.74, 6) is 0.441. The van der Waals surface area contributed by atoms with Crippen molar-refractivity contribution in [2.24, 2.45) is 0 Å². The molecular weight excluding hydrogens is 223 g/mol. The summed E-state index contributed by atoms with van der Waals surface area (Å²) in [5.41, 5.74) is 2.92. The lowest BCUT2D eigenvalue weighted by atomic mass is 9.88. The number of hydrogen-bond acceptors (Lipinski definition) is 0. The van der Waals surface area contributed by atoms with Gasteiger partial charge < -0.3 is 0 Å². The van der Waals surface area contributed by atoms with Gasteiger partial charge in [0, 0.05) is 5.41 Å². The van der Waals surface area contributed by atoms with Crippen LogP contribution in [0, 0.1) is 5.82 Å². The van der Waals surface area contributed by atoms with Gasteiger partial charge in [0.15, 0.2) is 0 Å². The molecule has 1 saturated carbocycles. The van der Waals surface area contributed by atoms with E-state index in [1.807, 2.05) is 12.1 Å². The lowest BCUT2D eigenvalue weighted by molar-refractivity contribution is 0.614. The molecule has 0 radical (unpaired) electrons. The lowest BCUT2D eigenvalue weighted by Gasteiger charge is -2.16. The van der Waals surface area contributed by atoms with Crippen LogP contribution >= 0.6 is 0 Å². The SMILES string of the molecule is CCC1(c2ccc(F)cc2)CC1c1ccccc1. The molecule has 92 valence electrons. The molecule has 1 aliphatic rings. The van der Waals surface area contributed by atoms with Gasteiger partial charge in [0.2, 0.25) is 0 Å². The van der Waals surface area contributed by atoms with E-state index < -0.39 is 0 Å². The zero-order valence-corrected chi connectivity index (χ0v) is 10.6. The standard InChI is InChI=1S/C17H17F/c1-2-17(14-8-10-15(18)11-9-14)12-16(17)13-6-4-3-5-7-13/h3-11,16H,2,12H2,1H3. The van der Waals surface area contributed by atoms with Gasteiger partial charge in [-0.1, -0.05) is 49.4 Å². The second-order valence-electron chi connectivity index (χ2n) is 5.18. The molecule has 1 heteroatoms. The summed E-state index contributed by atoms with van der Waals surface area (Å²) in [6.45, 7) is 2.23. The summed E-state index contributed by atoms with van der Waals surface area (Å²) < 4.78 is 13.0. The van der Waals surface area contributed by atoms with Crippen molar-refractivity contribution in [3.05, 3.63) is 71.5 Å². The van der Waals surface area contributed by atoms with E-state index in [9.17, 15) is 4.39 Å². The Labute approximate surface area is 107 Å². The summed E-state index contributed by atoms with van der Waals surface area (Å²) in [4.78, 5) is 0. The molecular formula is C17H17F. The topological polar surface area (TPSA) is 0 Å². The third-order valence-electron chi connectivity index (χ3n) is 4.33. The minimum absolute atomic E-state index is 0.151. The molecule has 3 rings (SSSR count). The minimum atomic E-state index is -0.151. The molecule has 0 N–H and O–H groups in total. The largest absolute Gasteiger partial charge is 0.207 e. The van der Waals surface area contributed by atoms with Crippen molar-refractivity contribution < 1.29 is 4.39 Å². The Morgan fingerprint density at radius 2 is 1.72 bits per heavy atom. The van der Waals surface area contributed by atoms with Gasteiger partial charge in [-0.3, -0.25) is 0 Å². The number of rotatable bonds is 3. The van der Waals surface area contributed by atoms with Crippen molar-refractivity contribution in [3.63, 3.8) is 0 Å². The molecule has 0 aromatic heterocycles. The van der Waals surface area contributed by atoms with E-state index in [1.165, 1.54) is 17.5 Å². The van der Waals surface area contributed by atoms with Crippen LogP contribution in [-0.2, 0) is 5.41 Å². The highest BCUT2D eigenvalue weighted by Gasteiger charge is 2.54. The molecule has 0 nitrogen and oxygen atoms in total. The molecule has 0 heterocycles. The fourth-order valence-electron chi connectivity index (χ4n) is 3.12. The zero-order valence-electron chi connectivity index (χ0n) is 10.6. The summed E-state index contributed by atoms with van der Waals surface area (Å²) in [6.07, 6.45) is 2.29. The average molecular weight is 240 g/mol. The van der Waals surface area contributed by atoms with E-state index in [2.05, 4.69) is 37.3 Å². The summed E-state index contributed by atoms with van der Waals surface area (Å²) >= 11 is 0. The van der Waals surface area contributed by atoms with E-state index in [-0.39, 0.29) is 11.2 Å². The van der Waals surface area contributed by atoms with Crippen LogP contribution in [0.3, 0.4) is 0 Å². The maximum Gasteiger partial charge on any atom is 0.123 e. The zero-order chi connectivity index (χ0) is 12.6. The van der Waals surface area contributed by atoms with E-state index in [0.29, 0.717) is 5.92 Å². The smallest absolute Gasteiger partial charge is 0.123 e. The Kier molecular flexibility index (Phi) is 2.70. The summed E-state index contributed by atoms with van der Waals surface area (Å²) in [6, 6.07) is 17.7. The van der Waals surface area contributed by atoms with Gasteiger partial charge in [-0.05, 0) is 42.0 Å². The Morgan fingerprint density at radius 1 is 1.06 bits per heavy atom. The molecule has 0 bridgehead atoms. The number of benzene rings is 2. The molecule has 1 fully saturated rings. The highest BCUT2D eigenvalue weighted by Crippen LogP contribution is 2.62. The van der Waals surface area contributed by atoms with Crippen molar-refractivity contribution in [2.75, 3.05) is 0 Å². The van der Waals surface area contributed by atoms with Gasteiger partial charge in [-0.25, -0.2) is 4.39 Å². The summed E-state index contributed by atoms with van der Waals surface area (Å²) in [5, 5.41) is 0. The van der Waals surface area contributed by atoms with Gasteiger partial charge >= 0.3 is 0 Å². The van der Waals surface area contributed by atoms with E-state index in [0.717, 1.165) is 6.42 Å². The molecule has 0 amide bonds. The third kappa shape index (κ3) is 1.74. The van der Waals surface area contributed by atoms with Crippen LogP contribution in [0.4, 0.5) is 4.39 Å².